The van der Waals surface area contributed by atoms with Crippen LogP contribution in [0.5, 0.6) is 0 Å². The normalized spacial score (nSPS) is 31.1. The second-order valence-corrected chi connectivity index (χ2v) is 8.98. The van der Waals surface area contributed by atoms with Gasteiger partial charge < -0.3 is 10.6 Å². The van der Waals surface area contributed by atoms with Gasteiger partial charge in [-0.2, -0.15) is 0 Å². The molecule has 4 fully saturated rings. The van der Waals surface area contributed by atoms with Crippen LogP contribution in [0.25, 0.3) is 0 Å². The van der Waals surface area contributed by atoms with E-state index in [9.17, 15) is 14.0 Å². The molecule has 1 aromatic carbocycles. The molecular weight excluding hydrogens is 345 g/mol. The van der Waals surface area contributed by atoms with E-state index >= 15 is 0 Å². The molecule has 0 heterocycles. The van der Waals surface area contributed by atoms with Gasteiger partial charge in [0.15, 0.2) is 0 Å². The lowest BCUT2D eigenvalue weighted by molar-refractivity contribution is -0.128. The third kappa shape index (κ3) is 4.32. The Morgan fingerprint density at radius 1 is 1.07 bits per heavy atom. The predicted molar refractivity (Wildman–Crippen MR) is 102 cm³/mol. The van der Waals surface area contributed by atoms with Crippen molar-refractivity contribution in [2.45, 2.75) is 44.1 Å². The Labute approximate surface area is 159 Å². The summed E-state index contributed by atoms with van der Waals surface area (Å²) in [7, 11) is 1.75. The Bertz CT molecular complexity index is 701. The van der Waals surface area contributed by atoms with E-state index in [0.29, 0.717) is 5.69 Å². The van der Waals surface area contributed by atoms with Gasteiger partial charge in [0, 0.05) is 11.2 Å². The minimum atomic E-state index is -0.392. The zero-order valence-electron chi connectivity index (χ0n) is 15.8. The molecule has 0 atom stereocenters. The van der Waals surface area contributed by atoms with Gasteiger partial charge in [-0.3, -0.25) is 14.5 Å². The van der Waals surface area contributed by atoms with Crippen LogP contribution in [-0.4, -0.2) is 42.4 Å². The third-order valence-electron chi connectivity index (χ3n) is 6.38. The largest absolute Gasteiger partial charge is 0.350 e. The van der Waals surface area contributed by atoms with Gasteiger partial charge in [-0.1, -0.05) is 6.07 Å². The molecule has 0 radical (unpaired) electrons. The minimum absolute atomic E-state index is 0.00185. The molecule has 6 heteroatoms. The van der Waals surface area contributed by atoms with Crippen LogP contribution >= 0.6 is 0 Å². The average Bonchev–Trinajstić information content (AvgIpc) is 2.52. The molecule has 0 spiro atoms. The Morgan fingerprint density at radius 2 is 1.67 bits per heavy atom. The van der Waals surface area contributed by atoms with Gasteiger partial charge in [0.05, 0.1) is 13.1 Å². The van der Waals surface area contributed by atoms with Crippen molar-refractivity contribution in [3.05, 3.63) is 30.1 Å². The molecular formula is C21H28FN3O2. The number of anilines is 1. The average molecular weight is 373 g/mol. The maximum atomic E-state index is 13.2. The lowest BCUT2D eigenvalue weighted by Gasteiger charge is -2.57. The Morgan fingerprint density at radius 3 is 2.26 bits per heavy atom. The lowest BCUT2D eigenvalue weighted by Crippen LogP contribution is -2.61. The van der Waals surface area contributed by atoms with Gasteiger partial charge in [-0.05, 0) is 81.5 Å². The number of rotatable bonds is 6. The number of carbonyl (C=O) groups excluding carboxylic acids is 2. The van der Waals surface area contributed by atoms with Crippen molar-refractivity contribution in [1.29, 1.82) is 0 Å². The van der Waals surface area contributed by atoms with Crippen molar-refractivity contribution in [2.24, 2.45) is 17.8 Å². The third-order valence-corrected chi connectivity index (χ3v) is 6.38. The molecule has 2 N–H and O–H groups in total. The monoisotopic (exact) mass is 373 g/mol. The molecule has 0 aliphatic heterocycles. The number of benzene rings is 1. The molecule has 1 aromatic rings. The van der Waals surface area contributed by atoms with Crippen LogP contribution in [0.2, 0.25) is 0 Å². The highest BCUT2D eigenvalue weighted by atomic mass is 19.1. The number of hydrogen-bond donors (Lipinski definition) is 2. The van der Waals surface area contributed by atoms with Crippen LogP contribution in [-0.2, 0) is 9.59 Å². The summed E-state index contributed by atoms with van der Waals surface area (Å²) in [5, 5.41) is 5.99. The second-order valence-electron chi connectivity index (χ2n) is 8.98. The highest BCUT2D eigenvalue weighted by molar-refractivity contribution is 5.92. The number of nitrogens with zero attached hydrogens (tertiary/aromatic N) is 1. The summed E-state index contributed by atoms with van der Waals surface area (Å²) in [5.74, 6) is 1.70. The molecule has 0 saturated heterocycles. The topological polar surface area (TPSA) is 61.4 Å². The first-order valence-electron chi connectivity index (χ1n) is 9.94. The fraction of sp³-hybridized carbons (Fsp3) is 0.619. The number of amides is 2. The van der Waals surface area contributed by atoms with Crippen LogP contribution in [0.15, 0.2) is 24.3 Å². The van der Waals surface area contributed by atoms with Crippen molar-refractivity contribution in [1.82, 2.24) is 10.2 Å². The standard InChI is InChI=1S/C21H28FN3O2/c1-25(12-19(26)23-18-4-2-3-17(22)8-18)13-20(27)24-21-9-14-5-15(10-21)7-16(6-14)11-21/h2-4,8,14-16H,5-7,9-13H2,1H3,(H,23,26)(H,24,27). The summed E-state index contributed by atoms with van der Waals surface area (Å²) >= 11 is 0. The van der Waals surface area contributed by atoms with E-state index in [1.54, 1.807) is 24.1 Å². The summed E-state index contributed by atoms with van der Waals surface area (Å²) in [5.41, 5.74) is 0.419. The first kappa shape index (κ1) is 18.4. The van der Waals surface area contributed by atoms with Crippen molar-refractivity contribution < 1.29 is 14.0 Å². The molecule has 5 nitrogen and oxygen atoms in total. The van der Waals surface area contributed by atoms with Crippen molar-refractivity contribution in [2.75, 3.05) is 25.5 Å². The van der Waals surface area contributed by atoms with Crippen LogP contribution in [0.3, 0.4) is 0 Å². The molecule has 4 bridgehead atoms. The van der Waals surface area contributed by atoms with E-state index in [-0.39, 0.29) is 30.4 Å². The summed E-state index contributed by atoms with van der Waals surface area (Å²) in [6, 6.07) is 5.79. The molecule has 146 valence electrons. The minimum Gasteiger partial charge on any atom is -0.350 e. The van der Waals surface area contributed by atoms with Crippen LogP contribution in [0.1, 0.15) is 38.5 Å². The van der Waals surface area contributed by atoms with Gasteiger partial charge in [0.1, 0.15) is 5.82 Å². The zero-order valence-corrected chi connectivity index (χ0v) is 15.8. The Kier molecular flexibility index (Phi) is 4.93. The lowest BCUT2D eigenvalue weighted by atomic mass is 9.53. The molecule has 0 aromatic heterocycles. The SMILES string of the molecule is CN(CC(=O)Nc1cccc(F)c1)CC(=O)NC12CC3CC(CC(C3)C1)C2. The van der Waals surface area contributed by atoms with E-state index in [2.05, 4.69) is 10.6 Å². The zero-order chi connectivity index (χ0) is 19.0. The van der Waals surface area contributed by atoms with Gasteiger partial charge in [0.2, 0.25) is 11.8 Å². The fourth-order valence-electron chi connectivity index (χ4n) is 5.91. The second kappa shape index (κ2) is 7.23. The van der Waals surface area contributed by atoms with Gasteiger partial charge in [-0.25, -0.2) is 4.39 Å². The molecule has 4 saturated carbocycles. The highest BCUT2D eigenvalue weighted by Gasteiger charge is 2.51. The van der Waals surface area contributed by atoms with Crippen molar-refractivity contribution in [3.63, 3.8) is 0 Å². The van der Waals surface area contributed by atoms with Gasteiger partial charge in [-0.15, -0.1) is 0 Å². The molecule has 0 unspecified atom stereocenters. The fourth-order valence-corrected chi connectivity index (χ4v) is 5.91. The van der Waals surface area contributed by atoms with E-state index < -0.39 is 5.82 Å². The maximum Gasteiger partial charge on any atom is 0.238 e. The number of hydrogen-bond acceptors (Lipinski definition) is 3. The molecule has 5 rings (SSSR count). The van der Waals surface area contributed by atoms with Crippen molar-refractivity contribution in [3.8, 4) is 0 Å². The summed E-state index contributed by atoms with van der Waals surface area (Å²) in [4.78, 5) is 26.4. The molecule has 2 amide bonds. The van der Waals surface area contributed by atoms with E-state index in [4.69, 9.17) is 0 Å². The van der Waals surface area contributed by atoms with E-state index in [1.165, 1.54) is 31.4 Å². The molecule has 27 heavy (non-hydrogen) atoms. The predicted octanol–water partition coefficient (Wildman–Crippen LogP) is 2.78. The summed E-state index contributed by atoms with van der Waals surface area (Å²) < 4.78 is 13.2. The number of carbonyl (C=O) groups is 2. The molecule has 4 aliphatic rings. The van der Waals surface area contributed by atoms with Gasteiger partial charge >= 0.3 is 0 Å². The molecule has 4 aliphatic carbocycles. The van der Waals surface area contributed by atoms with E-state index in [0.717, 1.165) is 37.0 Å². The number of likely N-dealkylation sites (N-methyl/N-ethyl adjacent to an activating group) is 1. The van der Waals surface area contributed by atoms with Crippen LogP contribution in [0, 0.1) is 23.6 Å². The van der Waals surface area contributed by atoms with Crippen molar-refractivity contribution >= 4 is 17.5 Å². The van der Waals surface area contributed by atoms with E-state index in [1.807, 2.05) is 0 Å². The van der Waals surface area contributed by atoms with Gasteiger partial charge in [0.25, 0.3) is 0 Å². The maximum absolute atomic E-state index is 13.2. The first-order chi connectivity index (χ1) is 12.9. The Hall–Kier alpha value is -1.95. The first-order valence-corrected chi connectivity index (χ1v) is 9.94. The summed E-state index contributed by atoms with van der Waals surface area (Å²) in [6.45, 7) is 0.281. The summed E-state index contributed by atoms with van der Waals surface area (Å²) in [6.07, 6.45) is 7.39. The highest BCUT2D eigenvalue weighted by Crippen LogP contribution is 2.55. The quantitative estimate of drug-likeness (QED) is 0.806. The van der Waals surface area contributed by atoms with Crippen LogP contribution in [0.4, 0.5) is 10.1 Å². The number of nitrogens with one attached hydrogen (secondary N) is 2. The number of halogens is 1. The van der Waals surface area contributed by atoms with Crippen LogP contribution < -0.4 is 10.6 Å². The smallest absolute Gasteiger partial charge is 0.238 e. The Balaban J connectivity index is 1.26.